The van der Waals surface area contributed by atoms with Crippen LogP contribution in [-0.4, -0.2) is 31.3 Å². The fourth-order valence-electron chi connectivity index (χ4n) is 0.721. The van der Waals surface area contributed by atoms with E-state index in [4.69, 9.17) is 0 Å². The number of carbonyl (C=O) groups excluding carboxylic acids is 1. The summed E-state index contributed by atoms with van der Waals surface area (Å²) in [5, 5.41) is 2.61. The first-order chi connectivity index (χ1) is 7.22. The van der Waals surface area contributed by atoms with Crippen molar-refractivity contribution in [2.75, 3.05) is 13.2 Å². The lowest BCUT2D eigenvalue weighted by molar-refractivity contribution is -0.189. The van der Waals surface area contributed by atoms with Crippen LogP contribution in [0, 0.1) is 5.92 Å². The van der Waals surface area contributed by atoms with Gasteiger partial charge in [0.15, 0.2) is 6.61 Å². The van der Waals surface area contributed by atoms with E-state index in [0.29, 0.717) is 0 Å². The van der Waals surface area contributed by atoms with E-state index in [9.17, 15) is 18.0 Å². The second kappa shape index (κ2) is 6.70. The molecule has 0 fully saturated rings. The van der Waals surface area contributed by atoms with Gasteiger partial charge in [0, 0.05) is 6.04 Å². The second-order valence-electron chi connectivity index (χ2n) is 3.83. The molecule has 0 aliphatic rings. The van der Waals surface area contributed by atoms with Crippen LogP contribution in [0.15, 0.2) is 0 Å². The third-order valence-corrected chi connectivity index (χ3v) is 1.96. The summed E-state index contributed by atoms with van der Waals surface area (Å²) in [4.78, 5) is 15.2. The summed E-state index contributed by atoms with van der Waals surface area (Å²) in [6.07, 6.45) is -4.39. The number of hydrogen-bond acceptors (Lipinski definition) is 3. The number of hydrogen-bond donors (Lipinski definition) is 2. The third kappa shape index (κ3) is 8.49. The van der Waals surface area contributed by atoms with Gasteiger partial charge in [-0.15, -0.1) is 0 Å². The average molecular weight is 242 g/mol. The van der Waals surface area contributed by atoms with Crippen molar-refractivity contribution in [3.05, 3.63) is 0 Å². The van der Waals surface area contributed by atoms with Crippen LogP contribution in [0.5, 0.6) is 0 Å². The Labute approximate surface area is 92.5 Å². The number of hydroxylamine groups is 1. The molecule has 16 heavy (non-hydrogen) atoms. The highest BCUT2D eigenvalue weighted by Crippen LogP contribution is 2.13. The molecular weight excluding hydrogens is 225 g/mol. The number of halogens is 3. The van der Waals surface area contributed by atoms with E-state index >= 15 is 0 Å². The number of carbonyl (C=O) groups is 1. The topological polar surface area (TPSA) is 50.4 Å². The molecule has 0 aromatic rings. The molecule has 0 aromatic heterocycles. The molecule has 0 aliphatic carbocycles. The molecule has 96 valence electrons. The second-order valence-corrected chi connectivity index (χ2v) is 3.83. The minimum Gasteiger partial charge on any atom is -0.352 e. The molecule has 0 radical (unpaired) electrons. The molecule has 4 nitrogen and oxygen atoms in total. The Balaban J connectivity index is 3.59. The van der Waals surface area contributed by atoms with Crippen molar-refractivity contribution in [2.24, 2.45) is 5.92 Å². The highest BCUT2D eigenvalue weighted by atomic mass is 19.4. The van der Waals surface area contributed by atoms with Gasteiger partial charge in [-0.25, -0.2) is 0 Å². The molecule has 0 bridgehead atoms. The molecule has 1 atom stereocenters. The Bertz CT molecular complexity index is 219. The number of amides is 1. The van der Waals surface area contributed by atoms with Gasteiger partial charge in [-0.2, -0.15) is 18.7 Å². The molecule has 0 aliphatic heterocycles. The van der Waals surface area contributed by atoms with Gasteiger partial charge in [-0.3, -0.25) is 9.63 Å². The fourth-order valence-corrected chi connectivity index (χ4v) is 0.721. The lowest BCUT2D eigenvalue weighted by Crippen LogP contribution is -2.41. The lowest BCUT2D eigenvalue weighted by Gasteiger charge is -2.17. The Morgan fingerprint density at radius 1 is 1.31 bits per heavy atom. The van der Waals surface area contributed by atoms with Gasteiger partial charge in [0.1, 0.15) is 0 Å². The van der Waals surface area contributed by atoms with Gasteiger partial charge in [-0.1, -0.05) is 13.8 Å². The average Bonchev–Trinajstić information content (AvgIpc) is 2.10. The van der Waals surface area contributed by atoms with E-state index in [1.165, 1.54) is 0 Å². The molecular formula is C9H17F3N2O2. The van der Waals surface area contributed by atoms with Crippen molar-refractivity contribution in [3.8, 4) is 0 Å². The molecule has 0 saturated heterocycles. The maximum absolute atomic E-state index is 11.6. The summed E-state index contributed by atoms with van der Waals surface area (Å²) in [5.41, 5.74) is 1.95. The third-order valence-electron chi connectivity index (χ3n) is 1.96. The highest BCUT2D eigenvalue weighted by molar-refractivity contribution is 5.78. The first-order valence-electron chi connectivity index (χ1n) is 4.93. The van der Waals surface area contributed by atoms with E-state index in [0.717, 1.165) is 0 Å². The Morgan fingerprint density at radius 2 is 1.88 bits per heavy atom. The molecule has 0 rings (SSSR count). The summed E-state index contributed by atoms with van der Waals surface area (Å²) in [7, 11) is 0. The summed E-state index contributed by atoms with van der Waals surface area (Å²) in [6.45, 7) is 3.96. The predicted molar refractivity (Wildman–Crippen MR) is 52.5 cm³/mol. The monoisotopic (exact) mass is 242 g/mol. The van der Waals surface area contributed by atoms with Gasteiger partial charge in [0.2, 0.25) is 5.91 Å². The zero-order valence-electron chi connectivity index (χ0n) is 9.52. The van der Waals surface area contributed by atoms with Gasteiger partial charge in [0.05, 0.1) is 6.54 Å². The summed E-state index contributed by atoms with van der Waals surface area (Å²) < 4.78 is 34.9. The Morgan fingerprint density at radius 3 is 2.31 bits per heavy atom. The smallest absolute Gasteiger partial charge is 0.352 e. The Hall–Kier alpha value is -0.820. The van der Waals surface area contributed by atoms with Gasteiger partial charge >= 0.3 is 6.18 Å². The molecule has 1 unspecified atom stereocenters. The lowest BCUT2D eigenvalue weighted by atomic mass is 10.1. The van der Waals surface area contributed by atoms with Crippen LogP contribution < -0.4 is 10.8 Å². The zero-order chi connectivity index (χ0) is 12.8. The standard InChI is InChI=1S/C9H17F3N2O2/c1-6(2)7(3)14-8(15)4-13-16-5-9(10,11)12/h6-7,13H,4-5H2,1-3H3,(H,14,15). The van der Waals surface area contributed by atoms with Crippen molar-refractivity contribution in [2.45, 2.75) is 33.0 Å². The van der Waals surface area contributed by atoms with Crippen molar-refractivity contribution in [1.29, 1.82) is 0 Å². The van der Waals surface area contributed by atoms with Crippen LogP contribution >= 0.6 is 0 Å². The van der Waals surface area contributed by atoms with Crippen molar-refractivity contribution in [1.82, 2.24) is 10.8 Å². The number of alkyl halides is 3. The van der Waals surface area contributed by atoms with Gasteiger partial charge in [0.25, 0.3) is 0 Å². The van der Waals surface area contributed by atoms with Crippen molar-refractivity contribution in [3.63, 3.8) is 0 Å². The first kappa shape index (κ1) is 15.2. The van der Waals surface area contributed by atoms with E-state index < -0.39 is 18.7 Å². The van der Waals surface area contributed by atoms with Gasteiger partial charge in [-0.05, 0) is 12.8 Å². The summed E-state index contributed by atoms with van der Waals surface area (Å²) >= 11 is 0. The molecule has 0 heterocycles. The molecule has 1 amide bonds. The summed E-state index contributed by atoms with van der Waals surface area (Å²) in [6, 6.07) is -0.0306. The largest absolute Gasteiger partial charge is 0.413 e. The minimum absolute atomic E-state index is 0.0306. The van der Waals surface area contributed by atoms with E-state index in [1.807, 2.05) is 26.3 Å². The number of rotatable bonds is 6. The molecule has 7 heteroatoms. The zero-order valence-corrected chi connectivity index (χ0v) is 9.52. The Kier molecular flexibility index (Phi) is 6.35. The number of nitrogens with one attached hydrogen (secondary N) is 2. The fraction of sp³-hybridized carbons (Fsp3) is 0.889. The first-order valence-corrected chi connectivity index (χ1v) is 4.93. The van der Waals surface area contributed by atoms with Crippen LogP contribution in [0.25, 0.3) is 0 Å². The van der Waals surface area contributed by atoms with Gasteiger partial charge < -0.3 is 5.32 Å². The van der Waals surface area contributed by atoms with E-state index in [1.54, 1.807) is 0 Å². The maximum Gasteiger partial charge on any atom is 0.413 e. The highest BCUT2D eigenvalue weighted by Gasteiger charge is 2.27. The molecule has 0 aromatic carbocycles. The molecule has 2 N–H and O–H groups in total. The minimum atomic E-state index is -4.39. The molecule has 0 saturated carbocycles. The predicted octanol–water partition coefficient (Wildman–Crippen LogP) is 1.23. The van der Waals surface area contributed by atoms with Crippen LogP contribution in [0.4, 0.5) is 13.2 Å². The van der Waals surface area contributed by atoms with Crippen LogP contribution in [-0.2, 0) is 9.63 Å². The SMILES string of the molecule is CC(C)C(C)NC(=O)CNOCC(F)(F)F. The van der Waals surface area contributed by atoms with Crippen LogP contribution in [0.3, 0.4) is 0 Å². The van der Waals surface area contributed by atoms with E-state index in [-0.39, 0.29) is 18.5 Å². The van der Waals surface area contributed by atoms with Crippen LogP contribution in [0.1, 0.15) is 20.8 Å². The normalized spacial score (nSPS) is 13.9. The molecule has 0 spiro atoms. The van der Waals surface area contributed by atoms with Crippen LogP contribution in [0.2, 0.25) is 0 Å². The van der Waals surface area contributed by atoms with E-state index in [2.05, 4.69) is 10.2 Å². The quantitative estimate of drug-likeness (QED) is 0.544. The van der Waals surface area contributed by atoms with Crippen molar-refractivity contribution < 1.29 is 22.8 Å². The van der Waals surface area contributed by atoms with Crippen molar-refractivity contribution >= 4 is 5.91 Å². The maximum atomic E-state index is 11.6. The summed E-state index contributed by atoms with van der Waals surface area (Å²) in [5.74, 6) is -0.136.